The molecule has 0 aliphatic carbocycles. The van der Waals surface area contributed by atoms with Crippen molar-refractivity contribution in [3.8, 4) is 28.6 Å². The molecule has 4 rings (SSSR count). The van der Waals surface area contributed by atoms with Crippen LogP contribution in [-0.2, 0) is 6.61 Å². The summed E-state index contributed by atoms with van der Waals surface area (Å²) in [6, 6.07) is 12.6. The van der Waals surface area contributed by atoms with E-state index >= 15 is 0 Å². The van der Waals surface area contributed by atoms with Crippen LogP contribution < -0.4 is 14.2 Å². The molecule has 0 unspecified atom stereocenters. The Morgan fingerprint density at radius 3 is 2.91 bits per heavy atom. The summed E-state index contributed by atoms with van der Waals surface area (Å²) in [4.78, 5) is 4.29. The fourth-order valence-electron chi connectivity index (χ4n) is 2.17. The standard InChI is InChI=1S/C16H11ClN2O4/c17-11-3-1-2-10(6-11)16-18-15(23-19-16)8-20-12-4-5-13-14(7-12)22-9-21-13/h1-7H,8-9H2. The molecule has 0 bridgehead atoms. The summed E-state index contributed by atoms with van der Waals surface area (Å²) in [5, 5.41) is 4.54. The van der Waals surface area contributed by atoms with Crippen LogP contribution in [0.3, 0.4) is 0 Å². The Hall–Kier alpha value is -2.73. The van der Waals surface area contributed by atoms with Gasteiger partial charge in [0.1, 0.15) is 5.75 Å². The van der Waals surface area contributed by atoms with Crippen molar-refractivity contribution in [2.45, 2.75) is 6.61 Å². The second-order valence-electron chi connectivity index (χ2n) is 4.83. The Labute approximate surface area is 136 Å². The lowest BCUT2D eigenvalue weighted by atomic mass is 10.2. The minimum Gasteiger partial charge on any atom is -0.484 e. The van der Waals surface area contributed by atoms with Crippen LogP contribution >= 0.6 is 11.6 Å². The van der Waals surface area contributed by atoms with E-state index in [4.69, 9.17) is 30.3 Å². The molecule has 7 heteroatoms. The van der Waals surface area contributed by atoms with Crippen molar-refractivity contribution in [2.75, 3.05) is 6.79 Å². The molecule has 116 valence electrons. The monoisotopic (exact) mass is 330 g/mol. The summed E-state index contributed by atoms with van der Waals surface area (Å²) < 4.78 is 21.4. The summed E-state index contributed by atoms with van der Waals surface area (Å²) >= 11 is 5.96. The van der Waals surface area contributed by atoms with Gasteiger partial charge in [0.25, 0.3) is 5.89 Å². The lowest BCUT2D eigenvalue weighted by Gasteiger charge is -2.03. The van der Waals surface area contributed by atoms with E-state index in [-0.39, 0.29) is 13.4 Å². The summed E-state index contributed by atoms with van der Waals surface area (Å²) in [5.41, 5.74) is 0.788. The van der Waals surface area contributed by atoms with Gasteiger partial charge in [-0.05, 0) is 24.3 Å². The molecule has 1 aromatic heterocycles. The zero-order chi connectivity index (χ0) is 15.6. The molecule has 0 spiro atoms. The highest BCUT2D eigenvalue weighted by Gasteiger charge is 2.14. The first kappa shape index (κ1) is 13.9. The zero-order valence-corrected chi connectivity index (χ0v) is 12.6. The quantitative estimate of drug-likeness (QED) is 0.726. The summed E-state index contributed by atoms with van der Waals surface area (Å²) in [6.45, 7) is 0.388. The number of benzene rings is 2. The van der Waals surface area contributed by atoms with Crippen molar-refractivity contribution in [3.05, 3.63) is 53.4 Å². The molecule has 0 atom stereocenters. The number of hydrogen-bond donors (Lipinski definition) is 0. The molecule has 2 heterocycles. The van der Waals surface area contributed by atoms with Crippen molar-refractivity contribution in [1.82, 2.24) is 10.1 Å². The molecule has 2 aromatic carbocycles. The van der Waals surface area contributed by atoms with E-state index in [0.29, 0.717) is 34.0 Å². The number of nitrogens with zero attached hydrogens (tertiary/aromatic N) is 2. The predicted molar refractivity (Wildman–Crippen MR) is 81.6 cm³/mol. The number of aromatic nitrogens is 2. The molecule has 0 saturated carbocycles. The lowest BCUT2D eigenvalue weighted by molar-refractivity contribution is 0.173. The SMILES string of the molecule is Clc1cccc(-c2noc(COc3ccc4c(c3)OCO4)n2)c1. The average molecular weight is 331 g/mol. The Morgan fingerprint density at radius 1 is 1.09 bits per heavy atom. The molecule has 1 aliphatic heterocycles. The highest BCUT2D eigenvalue weighted by Crippen LogP contribution is 2.35. The Morgan fingerprint density at radius 2 is 2.00 bits per heavy atom. The third-order valence-corrected chi connectivity index (χ3v) is 3.49. The van der Waals surface area contributed by atoms with Crippen molar-refractivity contribution in [3.63, 3.8) is 0 Å². The molecule has 0 fully saturated rings. The molecule has 0 radical (unpaired) electrons. The van der Waals surface area contributed by atoms with Crippen molar-refractivity contribution < 1.29 is 18.7 Å². The van der Waals surface area contributed by atoms with Crippen LogP contribution in [0, 0.1) is 0 Å². The normalized spacial score (nSPS) is 12.4. The molecule has 1 aliphatic rings. The van der Waals surface area contributed by atoms with Crippen LogP contribution in [0.1, 0.15) is 5.89 Å². The van der Waals surface area contributed by atoms with Gasteiger partial charge in [-0.15, -0.1) is 0 Å². The molecule has 0 N–H and O–H groups in total. The molecule has 6 nitrogen and oxygen atoms in total. The maximum Gasteiger partial charge on any atom is 0.264 e. The molecule has 0 amide bonds. The van der Waals surface area contributed by atoms with Gasteiger partial charge in [0.15, 0.2) is 18.1 Å². The van der Waals surface area contributed by atoms with E-state index in [1.165, 1.54) is 0 Å². The highest BCUT2D eigenvalue weighted by molar-refractivity contribution is 6.30. The van der Waals surface area contributed by atoms with E-state index < -0.39 is 0 Å². The lowest BCUT2D eigenvalue weighted by Crippen LogP contribution is -1.95. The van der Waals surface area contributed by atoms with E-state index in [1.54, 1.807) is 30.3 Å². The van der Waals surface area contributed by atoms with Crippen LogP contribution in [0.4, 0.5) is 0 Å². The number of ether oxygens (including phenoxy) is 3. The van der Waals surface area contributed by atoms with Crippen LogP contribution in [0.25, 0.3) is 11.4 Å². The van der Waals surface area contributed by atoms with Gasteiger partial charge in [-0.3, -0.25) is 0 Å². The van der Waals surface area contributed by atoms with Gasteiger partial charge in [0, 0.05) is 16.7 Å². The highest BCUT2D eigenvalue weighted by atomic mass is 35.5. The average Bonchev–Trinajstić information content (AvgIpc) is 3.21. The van der Waals surface area contributed by atoms with Crippen LogP contribution in [0.5, 0.6) is 17.2 Å². The number of hydrogen-bond acceptors (Lipinski definition) is 6. The van der Waals surface area contributed by atoms with Crippen LogP contribution in [0.15, 0.2) is 47.0 Å². The van der Waals surface area contributed by atoms with Crippen molar-refractivity contribution in [1.29, 1.82) is 0 Å². The van der Waals surface area contributed by atoms with E-state index in [0.717, 1.165) is 5.56 Å². The van der Waals surface area contributed by atoms with E-state index in [2.05, 4.69) is 10.1 Å². The smallest absolute Gasteiger partial charge is 0.264 e. The largest absolute Gasteiger partial charge is 0.484 e. The third-order valence-electron chi connectivity index (χ3n) is 3.26. The number of rotatable bonds is 4. The summed E-state index contributed by atoms with van der Waals surface area (Å²) in [7, 11) is 0. The molecule has 23 heavy (non-hydrogen) atoms. The molecular formula is C16H11ClN2O4. The van der Waals surface area contributed by atoms with Gasteiger partial charge >= 0.3 is 0 Å². The van der Waals surface area contributed by atoms with Crippen molar-refractivity contribution >= 4 is 11.6 Å². The third kappa shape index (κ3) is 2.93. The first-order valence-electron chi connectivity index (χ1n) is 6.89. The van der Waals surface area contributed by atoms with Gasteiger partial charge < -0.3 is 18.7 Å². The summed E-state index contributed by atoms with van der Waals surface area (Å²) in [6.07, 6.45) is 0. The van der Waals surface area contributed by atoms with Gasteiger partial charge in [-0.1, -0.05) is 28.9 Å². The van der Waals surface area contributed by atoms with Gasteiger partial charge in [-0.25, -0.2) is 0 Å². The maximum absolute atomic E-state index is 5.96. The second kappa shape index (κ2) is 5.81. The van der Waals surface area contributed by atoms with E-state index in [1.807, 2.05) is 12.1 Å². The topological polar surface area (TPSA) is 66.6 Å². The Kier molecular flexibility index (Phi) is 3.51. The zero-order valence-electron chi connectivity index (χ0n) is 11.9. The minimum absolute atomic E-state index is 0.160. The molecule has 0 saturated heterocycles. The Bertz CT molecular complexity index is 850. The maximum atomic E-state index is 5.96. The number of fused-ring (bicyclic) bond motifs is 1. The molecule has 3 aromatic rings. The van der Waals surface area contributed by atoms with Crippen molar-refractivity contribution in [2.24, 2.45) is 0 Å². The van der Waals surface area contributed by atoms with Gasteiger partial charge in [0.2, 0.25) is 12.6 Å². The fraction of sp³-hybridized carbons (Fsp3) is 0.125. The van der Waals surface area contributed by atoms with Gasteiger partial charge in [-0.2, -0.15) is 4.98 Å². The minimum atomic E-state index is 0.160. The number of halogens is 1. The molecular weight excluding hydrogens is 320 g/mol. The first-order valence-corrected chi connectivity index (χ1v) is 7.27. The first-order chi connectivity index (χ1) is 11.3. The Balaban J connectivity index is 1.46. The van der Waals surface area contributed by atoms with Crippen LogP contribution in [-0.4, -0.2) is 16.9 Å². The second-order valence-corrected chi connectivity index (χ2v) is 5.26. The van der Waals surface area contributed by atoms with E-state index in [9.17, 15) is 0 Å². The predicted octanol–water partition coefficient (Wildman–Crippen LogP) is 3.70. The summed E-state index contributed by atoms with van der Waals surface area (Å²) in [5.74, 6) is 2.84. The van der Waals surface area contributed by atoms with Crippen LogP contribution in [0.2, 0.25) is 5.02 Å². The fourth-order valence-corrected chi connectivity index (χ4v) is 2.36. The van der Waals surface area contributed by atoms with Gasteiger partial charge in [0.05, 0.1) is 0 Å².